The van der Waals surface area contributed by atoms with Crippen molar-refractivity contribution >= 4 is 5.57 Å². The van der Waals surface area contributed by atoms with Gasteiger partial charge in [0.05, 0.1) is 0 Å². The van der Waals surface area contributed by atoms with Gasteiger partial charge in [0, 0.05) is 5.56 Å². The molecule has 4 rings (SSSR count). The van der Waals surface area contributed by atoms with Crippen LogP contribution in [0.25, 0.3) is 5.57 Å². The highest BCUT2D eigenvalue weighted by Crippen LogP contribution is 2.40. The maximum Gasteiger partial charge on any atom is 0.166 e. The molecule has 166 valence electrons. The van der Waals surface area contributed by atoms with Gasteiger partial charge >= 0.3 is 0 Å². The van der Waals surface area contributed by atoms with Gasteiger partial charge in [0.2, 0.25) is 0 Å². The van der Waals surface area contributed by atoms with Gasteiger partial charge in [0.25, 0.3) is 0 Å². The molecule has 0 atom stereocenters. The van der Waals surface area contributed by atoms with Crippen molar-refractivity contribution in [2.45, 2.75) is 84.0 Å². The summed E-state index contributed by atoms with van der Waals surface area (Å²) in [6, 6.07) is 7.02. The number of rotatable bonds is 6. The van der Waals surface area contributed by atoms with Gasteiger partial charge in [-0.1, -0.05) is 57.4 Å². The number of hydrogen-bond acceptors (Lipinski definition) is 0. The van der Waals surface area contributed by atoms with Crippen LogP contribution in [0.5, 0.6) is 0 Å². The van der Waals surface area contributed by atoms with E-state index in [1.807, 2.05) is 19.1 Å². The standard InChI is InChI=1S/C28H33F3/c1-3-5-6-18-7-9-20(10-8-18)24-13-14-25(28(31)27(24)30)22-12-11-21-15-19(4-2)26(29)17-23(21)16-22/h12-15,17-18,20H,3-11,16H2,1-2H3. The maximum atomic E-state index is 15.1. The number of hydrogen-bond donors (Lipinski definition) is 0. The first-order valence-electron chi connectivity index (χ1n) is 12.0. The zero-order chi connectivity index (χ0) is 22.0. The maximum absolute atomic E-state index is 15.1. The third kappa shape index (κ3) is 4.61. The van der Waals surface area contributed by atoms with Crippen LogP contribution in [0.1, 0.15) is 92.5 Å². The molecule has 0 saturated heterocycles. The Morgan fingerprint density at radius 2 is 1.68 bits per heavy atom. The highest BCUT2D eigenvalue weighted by molar-refractivity contribution is 5.71. The Balaban J connectivity index is 1.51. The van der Waals surface area contributed by atoms with Crippen LogP contribution in [-0.2, 0) is 19.3 Å². The first kappa shape index (κ1) is 22.2. The van der Waals surface area contributed by atoms with Gasteiger partial charge < -0.3 is 0 Å². The van der Waals surface area contributed by atoms with E-state index in [4.69, 9.17) is 0 Å². The van der Waals surface area contributed by atoms with Crippen LogP contribution in [-0.4, -0.2) is 0 Å². The normalized spacial score (nSPS) is 21.0. The van der Waals surface area contributed by atoms with E-state index in [-0.39, 0.29) is 11.7 Å². The van der Waals surface area contributed by atoms with Crippen LogP contribution in [0, 0.1) is 23.4 Å². The van der Waals surface area contributed by atoms with Crippen molar-refractivity contribution in [3.63, 3.8) is 0 Å². The summed E-state index contributed by atoms with van der Waals surface area (Å²) in [7, 11) is 0. The minimum Gasteiger partial charge on any atom is -0.207 e. The highest BCUT2D eigenvalue weighted by atomic mass is 19.2. The lowest BCUT2D eigenvalue weighted by Crippen LogP contribution is -2.15. The van der Waals surface area contributed by atoms with E-state index in [0.29, 0.717) is 36.0 Å². The Bertz CT molecular complexity index is 965. The summed E-state index contributed by atoms with van der Waals surface area (Å²) in [6.07, 6.45) is 11.5. The fourth-order valence-corrected chi connectivity index (χ4v) is 5.43. The third-order valence-corrected chi connectivity index (χ3v) is 7.41. The Morgan fingerprint density at radius 1 is 0.903 bits per heavy atom. The first-order chi connectivity index (χ1) is 15.0. The molecule has 0 amide bonds. The molecule has 1 saturated carbocycles. The molecule has 0 N–H and O–H groups in total. The smallest absolute Gasteiger partial charge is 0.166 e. The van der Waals surface area contributed by atoms with Crippen LogP contribution in [0.3, 0.4) is 0 Å². The molecule has 0 aliphatic heterocycles. The number of aryl methyl sites for hydroxylation is 1. The summed E-state index contributed by atoms with van der Waals surface area (Å²) in [5, 5.41) is 0. The van der Waals surface area contributed by atoms with E-state index in [2.05, 4.69) is 6.92 Å². The van der Waals surface area contributed by atoms with Crippen molar-refractivity contribution in [1.29, 1.82) is 0 Å². The van der Waals surface area contributed by atoms with Crippen LogP contribution in [0.2, 0.25) is 0 Å². The molecule has 2 aliphatic rings. The molecule has 2 aromatic carbocycles. The molecule has 0 heterocycles. The second kappa shape index (κ2) is 9.63. The van der Waals surface area contributed by atoms with Crippen LogP contribution in [0.15, 0.2) is 30.3 Å². The van der Waals surface area contributed by atoms with Gasteiger partial charge in [-0.05, 0) is 90.7 Å². The minimum absolute atomic E-state index is 0.115. The lowest BCUT2D eigenvalue weighted by atomic mass is 9.76. The van der Waals surface area contributed by atoms with Crippen LogP contribution >= 0.6 is 0 Å². The van der Waals surface area contributed by atoms with Gasteiger partial charge in [-0.3, -0.25) is 0 Å². The molecule has 0 unspecified atom stereocenters. The summed E-state index contributed by atoms with van der Waals surface area (Å²) in [4.78, 5) is 0. The lowest BCUT2D eigenvalue weighted by molar-refractivity contribution is 0.299. The number of halogens is 3. The van der Waals surface area contributed by atoms with E-state index in [1.54, 1.807) is 18.2 Å². The molecule has 1 fully saturated rings. The fraction of sp³-hybridized carbons (Fsp3) is 0.500. The van der Waals surface area contributed by atoms with E-state index >= 15 is 8.78 Å². The van der Waals surface area contributed by atoms with Crippen LogP contribution in [0.4, 0.5) is 13.2 Å². The van der Waals surface area contributed by atoms with Gasteiger partial charge in [-0.2, -0.15) is 0 Å². The SMILES string of the molecule is CCCCC1CCC(c2ccc(C3=CCc4cc(CC)c(F)cc4C3)c(F)c2F)CC1. The van der Waals surface area contributed by atoms with E-state index in [0.717, 1.165) is 48.3 Å². The van der Waals surface area contributed by atoms with Crippen molar-refractivity contribution in [2.24, 2.45) is 5.92 Å². The van der Waals surface area contributed by atoms with Crippen molar-refractivity contribution < 1.29 is 13.2 Å². The molecule has 3 heteroatoms. The van der Waals surface area contributed by atoms with E-state index < -0.39 is 11.6 Å². The van der Waals surface area contributed by atoms with E-state index in [1.165, 1.54) is 19.3 Å². The Hall–Kier alpha value is -2.03. The molecule has 0 bridgehead atoms. The van der Waals surface area contributed by atoms with Gasteiger partial charge in [0.15, 0.2) is 11.6 Å². The quantitative estimate of drug-likeness (QED) is 0.436. The van der Waals surface area contributed by atoms with Gasteiger partial charge in [0.1, 0.15) is 5.82 Å². The zero-order valence-electron chi connectivity index (χ0n) is 18.7. The summed E-state index contributed by atoms with van der Waals surface area (Å²) >= 11 is 0. The number of fused-ring (bicyclic) bond motifs is 1. The molecule has 31 heavy (non-hydrogen) atoms. The monoisotopic (exact) mass is 426 g/mol. The second-order valence-corrected chi connectivity index (χ2v) is 9.37. The molecule has 0 nitrogen and oxygen atoms in total. The predicted molar refractivity (Wildman–Crippen MR) is 122 cm³/mol. The Labute approximate surface area is 184 Å². The fourth-order valence-electron chi connectivity index (χ4n) is 5.43. The summed E-state index contributed by atoms with van der Waals surface area (Å²) < 4.78 is 44.5. The summed E-state index contributed by atoms with van der Waals surface area (Å²) in [6.45, 7) is 4.15. The Kier molecular flexibility index (Phi) is 6.89. The van der Waals surface area contributed by atoms with Crippen LogP contribution < -0.4 is 0 Å². The number of allylic oxidation sites excluding steroid dienone is 2. The summed E-state index contributed by atoms with van der Waals surface area (Å²) in [5.74, 6) is -0.785. The van der Waals surface area contributed by atoms with Crippen molar-refractivity contribution in [3.05, 3.63) is 75.6 Å². The second-order valence-electron chi connectivity index (χ2n) is 9.37. The molecular formula is C28H33F3. The topological polar surface area (TPSA) is 0 Å². The molecule has 0 spiro atoms. The van der Waals surface area contributed by atoms with Crippen molar-refractivity contribution in [1.82, 2.24) is 0 Å². The molecule has 0 aromatic heterocycles. The average molecular weight is 427 g/mol. The van der Waals surface area contributed by atoms with Crippen molar-refractivity contribution in [2.75, 3.05) is 0 Å². The molecule has 2 aromatic rings. The molecule has 0 radical (unpaired) electrons. The summed E-state index contributed by atoms with van der Waals surface area (Å²) in [5.41, 5.74) is 4.28. The Morgan fingerprint density at radius 3 is 2.39 bits per heavy atom. The lowest BCUT2D eigenvalue weighted by Gasteiger charge is -2.29. The van der Waals surface area contributed by atoms with Gasteiger partial charge in [-0.15, -0.1) is 0 Å². The zero-order valence-corrected chi connectivity index (χ0v) is 18.7. The van der Waals surface area contributed by atoms with Crippen molar-refractivity contribution in [3.8, 4) is 0 Å². The number of benzene rings is 2. The predicted octanol–water partition coefficient (Wildman–Crippen LogP) is 8.31. The van der Waals surface area contributed by atoms with E-state index in [9.17, 15) is 4.39 Å². The molecule has 2 aliphatic carbocycles. The third-order valence-electron chi connectivity index (χ3n) is 7.41. The molecular weight excluding hydrogens is 393 g/mol. The largest absolute Gasteiger partial charge is 0.207 e. The first-order valence-corrected chi connectivity index (χ1v) is 12.0. The van der Waals surface area contributed by atoms with Gasteiger partial charge in [-0.25, -0.2) is 13.2 Å². The number of unbranched alkanes of at least 4 members (excludes halogenated alkanes) is 1. The average Bonchev–Trinajstić information content (AvgIpc) is 2.79. The minimum atomic E-state index is -0.744. The highest BCUT2D eigenvalue weighted by Gasteiger charge is 2.27.